The van der Waals surface area contributed by atoms with Gasteiger partial charge in [-0.2, -0.15) is 0 Å². The monoisotopic (exact) mass is 495 g/mol. The first-order valence-electron chi connectivity index (χ1n) is 12.7. The molecule has 196 valence electrons. The molecule has 3 amide bonds. The van der Waals surface area contributed by atoms with E-state index in [1.807, 2.05) is 93.3 Å². The molecule has 0 spiro atoms. The van der Waals surface area contributed by atoms with Crippen LogP contribution in [-0.2, 0) is 27.3 Å². The molecule has 0 aliphatic heterocycles. The standard InChI is InChI=1S/C29H41N3O4/c1-5-6-17-25(21-32(36)22-33)27(34)30-26(29(2,3)4)28(35)31(20-24-15-11-8-12-16-24)19-18-23-13-9-7-10-14-23/h7-16,22,25-26,36H,5-6,17-21H2,1-4H3,(H,30,34)/t25-,26-/m1/s1. The molecule has 0 aliphatic carbocycles. The highest BCUT2D eigenvalue weighted by Crippen LogP contribution is 2.24. The first-order chi connectivity index (χ1) is 17.2. The SMILES string of the molecule is CCCC[C@H](CN(O)C=O)C(=O)N[C@H](C(=O)N(CCc1ccccc1)Cc1ccccc1)C(C)(C)C. The zero-order valence-electron chi connectivity index (χ0n) is 22.0. The Hall–Kier alpha value is -3.19. The summed E-state index contributed by atoms with van der Waals surface area (Å²) in [5.74, 6) is -1.09. The number of rotatable bonds is 14. The van der Waals surface area contributed by atoms with Crippen LogP contribution < -0.4 is 5.32 Å². The highest BCUT2D eigenvalue weighted by molar-refractivity contribution is 5.89. The second-order valence-electron chi connectivity index (χ2n) is 10.4. The van der Waals surface area contributed by atoms with E-state index in [2.05, 4.69) is 5.32 Å². The average Bonchev–Trinajstić information content (AvgIpc) is 2.87. The topological polar surface area (TPSA) is 90.0 Å². The summed E-state index contributed by atoms with van der Waals surface area (Å²) in [6, 6.07) is 19.1. The summed E-state index contributed by atoms with van der Waals surface area (Å²) in [4.78, 5) is 40.0. The number of hydrogen-bond acceptors (Lipinski definition) is 4. The van der Waals surface area contributed by atoms with Crippen molar-refractivity contribution in [2.24, 2.45) is 11.3 Å². The first kappa shape index (κ1) is 29.0. The Bertz CT molecular complexity index is 944. The summed E-state index contributed by atoms with van der Waals surface area (Å²) in [5.41, 5.74) is 1.60. The molecule has 7 nitrogen and oxygen atoms in total. The molecule has 0 saturated heterocycles. The quantitative estimate of drug-likeness (QED) is 0.230. The maximum Gasteiger partial charge on any atom is 0.246 e. The molecular weight excluding hydrogens is 454 g/mol. The second kappa shape index (κ2) is 14.4. The van der Waals surface area contributed by atoms with Crippen LogP contribution in [0.5, 0.6) is 0 Å². The smallest absolute Gasteiger partial charge is 0.246 e. The normalized spacial score (nSPS) is 12.9. The maximum absolute atomic E-state index is 14.0. The van der Waals surface area contributed by atoms with Crippen molar-refractivity contribution in [3.63, 3.8) is 0 Å². The molecular formula is C29H41N3O4. The molecule has 36 heavy (non-hydrogen) atoms. The molecule has 2 atom stereocenters. The van der Waals surface area contributed by atoms with Crippen LogP contribution in [-0.4, -0.2) is 52.5 Å². The third-order valence-corrected chi connectivity index (χ3v) is 6.25. The van der Waals surface area contributed by atoms with Gasteiger partial charge in [-0.25, -0.2) is 5.06 Å². The molecule has 2 rings (SSSR count). The van der Waals surface area contributed by atoms with E-state index in [4.69, 9.17) is 0 Å². The van der Waals surface area contributed by atoms with Crippen molar-refractivity contribution < 1.29 is 19.6 Å². The molecule has 0 bridgehead atoms. The molecule has 0 aliphatic rings. The Morgan fingerprint density at radius 3 is 2.11 bits per heavy atom. The van der Waals surface area contributed by atoms with Crippen molar-refractivity contribution >= 4 is 18.2 Å². The lowest BCUT2D eigenvalue weighted by molar-refractivity contribution is -0.155. The fraction of sp³-hybridized carbons (Fsp3) is 0.483. The van der Waals surface area contributed by atoms with Crippen LogP contribution in [0.2, 0.25) is 0 Å². The van der Waals surface area contributed by atoms with Gasteiger partial charge in [0.15, 0.2) is 0 Å². The molecule has 0 saturated carbocycles. The summed E-state index contributed by atoms with van der Waals surface area (Å²) in [6.07, 6.45) is 3.16. The molecule has 2 N–H and O–H groups in total. The van der Waals surface area contributed by atoms with Gasteiger partial charge in [0.1, 0.15) is 6.04 Å². The van der Waals surface area contributed by atoms with Crippen molar-refractivity contribution in [2.75, 3.05) is 13.1 Å². The number of nitrogens with one attached hydrogen (secondary N) is 1. The zero-order chi connectivity index (χ0) is 26.6. The first-order valence-corrected chi connectivity index (χ1v) is 12.7. The zero-order valence-corrected chi connectivity index (χ0v) is 22.0. The Morgan fingerprint density at radius 2 is 1.58 bits per heavy atom. The van der Waals surface area contributed by atoms with E-state index in [0.717, 1.165) is 24.0 Å². The minimum absolute atomic E-state index is 0.109. The number of nitrogens with zero attached hydrogens (tertiary/aromatic N) is 2. The molecule has 7 heteroatoms. The van der Waals surface area contributed by atoms with Gasteiger partial charge >= 0.3 is 0 Å². The van der Waals surface area contributed by atoms with Gasteiger partial charge in [-0.15, -0.1) is 0 Å². The summed E-state index contributed by atoms with van der Waals surface area (Å²) >= 11 is 0. The molecule has 2 aromatic carbocycles. The third kappa shape index (κ3) is 9.46. The fourth-order valence-electron chi connectivity index (χ4n) is 4.10. The molecule has 0 heterocycles. The number of hydrogen-bond donors (Lipinski definition) is 2. The third-order valence-electron chi connectivity index (χ3n) is 6.25. The number of benzene rings is 2. The van der Waals surface area contributed by atoms with Gasteiger partial charge in [0.2, 0.25) is 18.2 Å². The maximum atomic E-state index is 14.0. The lowest BCUT2D eigenvalue weighted by Crippen LogP contribution is -2.56. The highest BCUT2D eigenvalue weighted by Gasteiger charge is 2.37. The van der Waals surface area contributed by atoms with Gasteiger partial charge in [0.25, 0.3) is 0 Å². The molecule has 0 radical (unpaired) electrons. The fourth-order valence-corrected chi connectivity index (χ4v) is 4.10. The van der Waals surface area contributed by atoms with Crippen molar-refractivity contribution in [3.8, 4) is 0 Å². The lowest BCUT2D eigenvalue weighted by atomic mass is 9.85. The minimum Gasteiger partial charge on any atom is -0.344 e. The van der Waals surface area contributed by atoms with Gasteiger partial charge in [-0.1, -0.05) is 101 Å². The molecule has 0 unspecified atom stereocenters. The van der Waals surface area contributed by atoms with Crippen LogP contribution in [0.25, 0.3) is 0 Å². The van der Waals surface area contributed by atoms with Gasteiger partial charge in [0, 0.05) is 13.1 Å². The summed E-state index contributed by atoms with van der Waals surface area (Å²) in [7, 11) is 0. The van der Waals surface area contributed by atoms with E-state index < -0.39 is 17.4 Å². The van der Waals surface area contributed by atoms with E-state index in [-0.39, 0.29) is 18.4 Å². The Labute approximate surface area is 215 Å². The largest absolute Gasteiger partial charge is 0.344 e. The van der Waals surface area contributed by atoms with E-state index in [1.54, 1.807) is 0 Å². The van der Waals surface area contributed by atoms with E-state index in [9.17, 15) is 19.6 Å². The summed E-state index contributed by atoms with van der Waals surface area (Å²) in [6.45, 7) is 8.64. The van der Waals surface area contributed by atoms with Crippen LogP contribution in [0, 0.1) is 11.3 Å². The van der Waals surface area contributed by atoms with Gasteiger partial charge in [-0.3, -0.25) is 19.6 Å². The summed E-state index contributed by atoms with van der Waals surface area (Å²) in [5, 5.41) is 13.2. The number of carbonyl (C=O) groups excluding carboxylic acids is 3. The van der Waals surface area contributed by atoms with Gasteiger partial charge in [-0.05, 0) is 29.4 Å². The van der Waals surface area contributed by atoms with Crippen molar-refractivity contribution in [2.45, 2.75) is 66.0 Å². The van der Waals surface area contributed by atoms with E-state index in [0.29, 0.717) is 37.4 Å². The predicted molar refractivity (Wildman–Crippen MR) is 141 cm³/mol. The van der Waals surface area contributed by atoms with Crippen molar-refractivity contribution in [1.29, 1.82) is 0 Å². The molecule has 0 fully saturated rings. The number of amides is 3. The van der Waals surface area contributed by atoms with Crippen LogP contribution in [0.4, 0.5) is 0 Å². The van der Waals surface area contributed by atoms with Crippen LogP contribution in [0.3, 0.4) is 0 Å². The van der Waals surface area contributed by atoms with Gasteiger partial charge < -0.3 is 10.2 Å². The highest BCUT2D eigenvalue weighted by atomic mass is 16.5. The molecule has 2 aromatic rings. The van der Waals surface area contributed by atoms with Crippen LogP contribution in [0.15, 0.2) is 60.7 Å². The number of unbranched alkanes of at least 4 members (excludes halogenated alkanes) is 1. The molecule has 0 aromatic heterocycles. The van der Waals surface area contributed by atoms with Crippen LogP contribution in [0.1, 0.15) is 58.1 Å². The Morgan fingerprint density at radius 1 is 1.00 bits per heavy atom. The van der Waals surface area contributed by atoms with E-state index in [1.165, 1.54) is 0 Å². The summed E-state index contributed by atoms with van der Waals surface area (Å²) < 4.78 is 0. The van der Waals surface area contributed by atoms with E-state index >= 15 is 0 Å². The van der Waals surface area contributed by atoms with Gasteiger partial charge in [0.05, 0.1) is 12.5 Å². The van der Waals surface area contributed by atoms with Crippen molar-refractivity contribution in [1.82, 2.24) is 15.3 Å². The lowest BCUT2D eigenvalue weighted by Gasteiger charge is -2.36. The average molecular weight is 496 g/mol. The number of carbonyl (C=O) groups is 3. The predicted octanol–water partition coefficient (Wildman–Crippen LogP) is 4.44. The van der Waals surface area contributed by atoms with Crippen LogP contribution >= 0.6 is 0 Å². The Kier molecular flexibility index (Phi) is 11.6. The number of hydroxylamine groups is 2. The minimum atomic E-state index is -0.767. The second-order valence-corrected chi connectivity index (χ2v) is 10.4. The van der Waals surface area contributed by atoms with Crippen molar-refractivity contribution in [3.05, 3.63) is 71.8 Å². The Balaban J connectivity index is 2.27.